The number of aliphatic hydroxyl groups is 1. The van der Waals surface area contributed by atoms with Gasteiger partial charge in [0.1, 0.15) is 6.54 Å². The zero-order chi connectivity index (χ0) is 14.5. The second kappa shape index (κ2) is 6.33. The lowest BCUT2D eigenvalue weighted by atomic mass is 9.98. The highest BCUT2D eigenvalue weighted by Gasteiger charge is 2.22. The first kappa shape index (κ1) is 15.2. The summed E-state index contributed by atoms with van der Waals surface area (Å²) < 4.78 is 0.925. The second-order valence-corrected chi connectivity index (χ2v) is 4.44. The fourth-order valence-corrected chi connectivity index (χ4v) is 1.54. The minimum absolute atomic E-state index is 0.116. The molecule has 0 unspecified atom stereocenters. The van der Waals surface area contributed by atoms with Crippen molar-refractivity contribution in [1.29, 1.82) is 0 Å². The number of hydrogen-bond acceptors (Lipinski definition) is 4. The summed E-state index contributed by atoms with van der Waals surface area (Å²) in [6, 6.07) is 2.20. The van der Waals surface area contributed by atoms with E-state index in [2.05, 4.69) is 10.4 Å². The lowest BCUT2D eigenvalue weighted by molar-refractivity contribution is -0.123. The lowest BCUT2D eigenvalue weighted by Crippen LogP contribution is -2.44. The summed E-state index contributed by atoms with van der Waals surface area (Å²) in [5.74, 6) is -0.440. The van der Waals surface area contributed by atoms with Crippen molar-refractivity contribution >= 4 is 5.91 Å². The van der Waals surface area contributed by atoms with Gasteiger partial charge in [0.25, 0.3) is 11.1 Å². The standard InChI is InChI=1S/C12H19N3O4/c1-3-12(19,4-2)8-13-10(17)7-15-11(18)6-5-9(16)14-15/h5-6,19H,3-4,7-8H2,1-2H3,(H,13,17)(H,14,16). The third-order valence-electron chi connectivity index (χ3n) is 3.12. The predicted molar refractivity (Wildman–Crippen MR) is 69.9 cm³/mol. The topological polar surface area (TPSA) is 104 Å². The number of amides is 1. The van der Waals surface area contributed by atoms with Crippen LogP contribution < -0.4 is 16.4 Å². The van der Waals surface area contributed by atoms with Gasteiger partial charge < -0.3 is 10.4 Å². The number of rotatable bonds is 6. The number of H-pyrrole nitrogens is 1. The molecule has 3 N–H and O–H groups in total. The highest BCUT2D eigenvalue weighted by molar-refractivity contribution is 5.75. The molecular weight excluding hydrogens is 250 g/mol. The first-order chi connectivity index (χ1) is 8.90. The Hall–Kier alpha value is -1.89. The van der Waals surface area contributed by atoms with Crippen molar-refractivity contribution in [3.05, 3.63) is 32.8 Å². The number of carbonyl (C=O) groups is 1. The molecule has 0 spiro atoms. The van der Waals surface area contributed by atoms with E-state index in [1.54, 1.807) is 0 Å². The zero-order valence-electron chi connectivity index (χ0n) is 11.1. The maximum atomic E-state index is 11.7. The van der Waals surface area contributed by atoms with Gasteiger partial charge in [-0.05, 0) is 12.8 Å². The summed E-state index contributed by atoms with van der Waals surface area (Å²) in [7, 11) is 0. The molecule has 1 aromatic heterocycles. The first-order valence-corrected chi connectivity index (χ1v) is 6.19. The van der Waals surface area contributed by atoms with Gasteiger partial charge in [-0.15, -0.1) is 0 Å². The van der Waals surface area contributed by atoms with Crippen molar-refractivity contribution in [3.8, 4) is 0 Å². The van der Waals surface area contributed by atoms with Crippen LogP contribution in [-0.2, 0) is 11.3 Å². The van der Waals surface area contributed by atoms with Crippen LogP contribution in [0.1, 0.15) is 26.7 Å². The third-order valence-corrected chi connectivity index (χ3v) is 3.12. The van der Waals surface area contributed by atoms with Gasteiger partial charge in [0.05, 0.1) is 5.60 Å². The molecule has 19 heavy (non-hydrogen) atoms. The average molecular weight is 269 g/mol. The number of hydrogen-bond donors (Lipinski definition) is 3. The largest absolute Gasteiger partial charge is 0.388 e. The van der Waals surface area contributed by atoms with Gasteiger partial charge in [0.2, 0.25) is 5.91 Å². The van der Waals surface area contributed by atoms with E-state index in [9.17, 15) is 19.5 Å². The average Bonchev–Trinajstić information content (AvgIpc) is 2.40. The van der Waals surface area contributed by atoms with Crippen LogP contribution >= 0.6 is 0 Å². The van der Waals surface area contributed by atoms with Gasteiger partial charge in [-0.2, -0.15) is 0 Å². The Bertz CT molecular complexity index is 542. The molecule has 1 rings (SSSR count). The van der Waals surface area contributed by atoms with Crippen molar-refractivity contribution in [1.82, 2.24) is 15.1 Å². The molecule has 0 aromatic carbocycles. The zero-order valence-corrected chi connectivity index (χ0v) is 11.1. The van der Waals surface area contributed by atoms with Gasteiger partial charge in [0.15, 0.2) is 0 Å². The van der Waals surface area contributed by atoms with E-state index in [1.807, 2.05) is 13.8 Å². The number of aromatic amines is 1. The number of nitrogens with zero attached hydrogens (tertiary/aromatic N) is 1. The van der Waals surface area contributed by atoms with Crippen molar-refractivity contribution in [3.63, 3.8) is 0 Å². The van der Waals surface area contributed by atoms with E-state index in [4.69, 9.17) is 0 Å². The fraction of sp³-hybridized carbons (Fsp3) is 0.583. The van der Waals surface area contributed by atoms with Gasteiger partial charge >= 0.3 is 0 Å². The monoisotopic (exact) mass is 269 g/mol. The lowest BCUT2D eigenvalue weighted by Gasteiger charge is -2.25. The van der Waals surface area contributed by atoms with Crippen molar-refractivity contribution in [2.45, 2.75) is 38.8 Å². The first-order valence-electron chi connectivity index (χ1n) is 6.19. The van der Waals surface area contributed by atoms with Gasteiger partial charge in [0, 0.05) is 18.7 Å². The molecule has 1 heterocycles. The number of carbonyl (C=O) groups excluding carboxylic acids is 1. The third kappa shape index (κ3) is 4.36. The van der Waals surface area contributed by atoms with Crippen LogP contribution in [0.25, 0.3) is 0 Å². The summed E-state index contributed by atoms with van der Waals surface area (Å²) in [6.07, 6.45) is 1.04. The molecular formula is C12H19N3O4. The maximum absolute atomic E-state index is 11.7. The van der Waals surface area contributed by atoms with Gasteiger partial charge in [-0.25, -0.2) is 4.68 Å². The number of aromatic nitrogens is 2. The van der Waals surface area contributed by atoms with Crippen LogP contribution in [-0.4, -0.2) is 32.9 Å². The fourth-order valence-electron chi connectivity index (χ4n) is 1.54. The molecule has 0 saturated heterocycles. The Labute approximate surface area is 110 Å². The maximum Gasteiger partial charge on any atom is 0.265 e. The predicted octanol–water partition coefficient (Wildman–Crippen LogP) is -0.796. The highest BCUT2D eigenvalue weighted by Crippen LogP contribution is 2.12. The van der Waals surface area contributed by atoms with E-state index in [1.165, 1.54) is 0 Å². The van der Waals surface area contributed by atoms with E-state index in [-0.39, 0.29) is 13.1 Å². The molecule has 7 nitrogen and oxygen atoms in total. The summed E-state index contributed by atoms with van der Waals surface area (Å²) in [5, 5.41) is 14.8. The summed E-state index contributed by atoms with van der Waals surface area (Å²) >= 11 is 0. The van der Waals surface area contributed by atoms with Gasteiger partial charge in [-0.3, -0.25) is 19.5 Å². The Balaban J connectivity index is 2.64. The van der Waals surface area contributed by atoms with E-state index in [0.717, 1.165) is 16.8 Å². The second-order valence-electron chi connectivity index (χ2n) is 4.44. The summed E-state index contributed by atoms with van der Waals surface area (Å²) in [4.78, 5) is 34.1. The molecule has 0 aliphatic carbocycles. The Morgan fingerprint density at radius 2 is 2.00 bits per heavy atom. The van der Waals surface area contributed by atoms with E-state index in [0.29, 0.717) is 12.8 Å². The molecule has 7 heteroatoms. The van der Waals surface area contributed by atoms with Gasteiger partial charge in [-0.1, -0.05) is 13.8 Å². The van der Waals surface area contributed by atoms with E-state index < -0.39 is 22.6 Å². The van der Waals surface area contributed by atoms with Crippen LogP contribution in [0, 0.1) is 0 Å². The Morgan fingerprint density at radius 3 is 2.58 bits per heavy atom. The normalized spacial score (nSPS) is 11.3. The molecule has 0 atom stereocenters. The molecule has 0 fully saturated rings. The quantitative estimate of drug-likeness (QED) is 0.629. The molecule has 106 valence electrons. The molecule has 0 bridgehead atoms. The van der Waals surface area contributed by atoms with E-state index >= 15 is 0 Å². The van der Waals surface area contributed by atoms with Crippen molar-refractivity contribution in [2.75, 3.05) is 6.54 Å². The van der Waals surface area contributed by atoms with Crippen LogP contribution in [0.4, 0.5) is 0 Å². The highest BCUT2D eigenvalue weighted by atomic mass is 16.3. The van der Waals surface area contributed by atoms with Crippen LogP contribution in [0.3, 0.4) is 0 Å². The summed E-state index contributed by atoms with van der Waals surface area (Å²) in [6.45, 7) is 3.49. The van der Waals surface area contributed by atoms with Crippen molar-refractivity contribution < 1.29 is 9.90 Å². The van der Waals surface area contributed by atoms with Crippen LogP contribution in [0.2, 0.25) is 0 Å². The van der Waals surface area contributed by atoms with Crippen LogP contribution in [0.5, 0.6) is 0 Å². The molecule has 0 radical (unpaired) electrons. The molecule has 0 saturated carbocycles. The van der Waals surface area contributed by atoms with Crippen molar-refractivity contribution in [2.24, 2.45) is 0 Å². The summed E-state index contributed by atoms with van der Waals surface area (Å²) in [5.41, 5.74) is -1.85. The number of nitrogens with one attached hydrogen (secondary N) is 2. The molecule has 0 aliphatic heterocycles. The molecule has 0 aliphatic rings. The SMILES string of the molecule is CCC(O)(CC)CNC(=O)Cn1[nH]c(=O)ccc1=O. The smallest absolute Gasteiger partial charge is 0.265 e. The minimum Gasteiger partial charge on any atom is -0.388 e. The Kier molecular flexibility index (Phi) is 5.05. The van der Waals surface area contributed by atoms with Crippen LogP contribution in [0.15, 0.2) is 21.7 Å². The molecule has 1 amide bonds. The molecule has 1 aromatic rings. The Morgan fingerprint density at radius 1 is 1.37 bits per heavy atom. The minimum atomic E-state index is -0.940.